The van der Waals surface area contributed by atoms with E-state index in [2.05, 4.69) is 10.3 Å². The van der Waals surface area contributed by atoms with Gasteiger partial charge in [0.15, 0.2) is 0 Å². The summed E-state index contributed by atoms with van der Waals surface area (Å²) in [5, 5.41) is 2.56. The zero-order valence-corrected chi connectivity index (χ0v) is 11.4. The maximum absolute atomic E-state index is 12.1. The van der Waals surface area contributed by atoms with Gasteiger partial charge in [-0.2, -0.15) is 0 Å². The van der Waals surface area contributed by atoms with E-state index < -0.39 is 17.2 Å². The van der Waals surface area contributed by atoms with Gasteiger partial charge >= 0.3 is 5.69 Å². The van der Waals surface area contributed by atoms with E-state index in [1.54, 1.807) is 25.3 Å². The molecular weight excluding hydrogens is 260 g/mol. The summed E-state index contributed by atoms with van der Waals surface area (Å²) in [6.07, 6.45) is 2.76. The van der Waals surface area contributed by atoms with Crippen LogP contribution < -0.4 is 16.6 Å². The third-order valence-electron chi connectivity index (χ3n) is 2.93. The van der Waals surface area contributed by atoms with Gasteiger partial charge in [-0.3, -0.25) is 14.2 Å². The van der Waals surface area contributed by atoms with Crippen molar-refractivity contribution in [2.75, 3.05) is 5.32 Å². The summed E-state index contributed by atoms with van der Waals surface area (Å²) >= 11 is 0. The molecule has 104 valence electrons. The maximum atomic E-state index is 12.1. The molecule has 0 aromatic carbocycles. The van der Waals surface area contributed by atoms with Gasteiger partial charge in [0.1, 0.15) is 11.4 Å². The van der Waals surface area contributed by atoms with Crippen LogP contribution in [-0.2, 0) is 14.1 Å². The zero-order chi connectivity index (χ0) is 14.9. The fourth-order valence-corrected chi connectivity index (χ4v) is 1.76. The molecule has 0 spiro atoms. The lowest BCUT2D eigenvalue weighted by Crippen LogP contribution is -2.40. The second kappa shape index (κ2) is 5.12. The molecule has 0 bridgehead atoms. The molecule has 2 heterocycles. The summed E-state index contributed by atoms with van der Waals surface area (Å²) in [7, 11) is 2.80. The predicted molar refractivity (Wildman–Crippen MR) is 73.9 cm³/mol. The van der Waals surface area contributed by atoms with Crippen LogP contribution in [0.2, 0.25) is 0 Å². The minimum Gasteiger partial charge on any atom is -0.306 e. The van der Waals surface area contributed by atoms with Crippen molar-refractivity contribution in [3.8, 4) is 0 Å². The van der Waals surface area contributed by atoms with Crippen LogP contribution in [0.4, 0.5) is 5.82 Å². The topological polar surface area (TPSA) is 86.0 Å². The first kappa shape index (κ1) is 13.7. The Morgan fingerprint density at radius 3 is 2.65 bits per heavy atom. The van der Waals surface area contributed by atoms with Crippen LogP contribution in [0.15, 0.2) is 34.1 Å². The van der Waals surface area contributed by atoms with Crippen LogP contribution in [0.25, 0.3) is 0 Å². The van der Waals surface area contributed by atoms with Crippen molar-refractivity contribution >= 4 is 11.7 Å². The SMILES string of the molecule is Cc1cccnc1NC(=O)c1cn(C)c(=O)n(C)c1=O. The van der Waals surface area contributed by atoms with Gasteiger partial charge in [-0.05, 0) is 18.6 Å². The first-order chi connectivity index (χ1) is 9.41. The van der Waals surface area contributed by atoms with Crippen LogP contribution in [0, 0.1) is 6.92 Å². The Kier molecular flexibility index (Phi) is 3.51. The van der Waals surface area contributed by atoms with Crippen LogP contribution in [0.5, 0.6) is 0 Å². The van der Waals surface area contributed by atoms with Gasteiger partial charge in [0.2, 0.25) is 0 Å². The first-order valence-corrected chi connectivity index (χ1v) is 5.91. The second-order valence-electron chi connectivity index (χ2n) is 4.42. The molecule has 0 fully saturated rings. The van der Waals surface area contributed by atoms with Crippen molar-refractivity contribution in [3.05, 3.63) is 56.5 Å². The standard InChI is InChI=1S/C13H14N4O3/c1-8-5-4-6-14-10(8)15-11(18)9-7-16(2)13(20)17(3)12(9)19/h4-7H,1-3H3,(H,14,15,18). The number of carbonyl (C=O) groups is 1. The molecule has 0 saturated heterocycles. The third kappa shape index (κ3) is 2.37. The molecule has 2 aromatic rings. The number of pyridine rings is 1. The summed E-state index contributed by atoms with van der Waals surface area (Å²) < 4.78 is 2.07. The molecule has 0 aliphatic heterocycles. The Hall–Kier alpha value is -2.70. The predicted octanol–water partition coefficient (Wildman–Crippen LogP) is 0.0397. The van der Waals surface area contributed by atoms with E-state index in [-0.39, 0.29) is 5.56 Å². The lowest BCUT2D eigenvalue weighted by molar-refractivity contribution is 0.102. The normalized spacial score (nSPS) is 10.3. The number of nitrogens with zero attached hydrogens (tertiary/aromatic N) is 3. The number of anilines is 1. The fourth-order valence-electron chi connectivity index (χ4n) is 1.76. The van der Waals surface area contributed by atoms with E-state index in [1.807, 2.05) is 0 Å². The van der Waals surface area contributed by atoms with Gasteiger partial charge in [0.25, 0.3) is 11.5 Å². The molecule has 1 amide bonds. The number of hydrogen-bond acceptors (Lipinski definition) is 4. The number of aromatic nitrogens is 3. The molecule has 0 saturated carbocycles. The lowest BCUT2D eigenvalue weighted by atomic mass is 10.2. The Balaban J connectivity index is 2.43. The van der Waals surface area contributed by atoms with E-state index in [4.69, 9.17) is 0 Å². The molecule has 1 N–H and O–H groups in total. The Morgan fingerprint density at radius 1 is 1.30 bits per heavy atom. The minimum atomic E-state index is -0.640. The maximum Gasteiger partial charge on any atom is 0.330 e. The summed E-state index contributed by atoms with van der Waals surface area (Å²) in [6, 6.07) is 3.54. The number of nitrogens with one attached hydrogen (secondary N) is 1. The monoisotopic (exact) mass is 274 g/mol. The average Bonchev–Trinajstić information content (AvgIpc) is 2.43. The summed E-state index contributed by atoms with van der Waals surface area (Å²) in [5.74, 6) is -0.212. The molecular formula is C13H14N4O3. The van der Waals surface area contributed by atoms with Crippen LogP contribution in [0.3, 0.4) is 0 Å². The Bertz CT molecular complexity index is 789. The largest absolute Gasteiger partial charge is 0.330 e. The Labute approximate surface area is 114 Å². The van der Waals surface area contributed by atoms with Crippen molar-refractivity contribution in [2.24, 2.45) is 14.1 Å². The summed E-state index contributed by atoms with van der Waals surface area (Å²) in [5.41, 5.74) is -0.457. The van der Waals surface area contributed by atoms with Gasteiger partial charge in [-0.15, -0.1) is 0 Å². The van der Waals surface area contributed by atoms with Gasteiger partial charge in [-0.25, -0.2) is 9.78 Å². The molecule has 0 aliphatic rings. The van der Waals surface area contributed by atoms with Crippen molar-refractivity contribution < 1.29 is 4.79 Å². The van der Waals surface area contributed by atoms with Gasteiger partial charge in [0.05, 0.1) is 0 Å². The molecule has 20 heavy (non-hydrogen) atoms. The molecule has 0 unspecified atom stereocenters. The zero-order valence-electron chi connectivity index (χ0n) is 11.4. The van der Waals surface area contributed by atoms with E-state index in [0.29, 0.717) is 5.82 Å². The van der Waals surface area contributed by atoms with E-state index in [0.717, 1.165) is 10.1 Å². The highest BCUT2D eigenvalue weighted by Crippen LogP contribution is 2.09. The number of rotatable bonds is 2. The molecule has 7 nitrogen and oxygen atoms in total. The van der Waals surface area contributed by atoms with E-state index in [1.165, 1.54) is 24.9 Å². The molecule has 2 aromatic heterocycles. The van der Waals surface area contributed by atoms with Crippen LogP contribution in [-0.4, -0.2) is 20.0 Å². The van der Waals surface area contributed by atoms with Crippen LogP contribution in [0.1, 0.15) is 15.9 Å². The lowest BCUT2D eigenvalue weighted by Gasteiger charge is -2.08. The summed E-state index contributed by atoms with van der Waals surface area (Å²) in [6.45, 7) is 1.79. The number of amides is 1. The second-order valence-corrected chi connectivity index (χ2v) is 4.42. The molecule has 0 atom stereocenters. The highest BCUT2D eigenvalue weighted by atomic mass is 16.2. The molecule has 7 heteroatoms. The smallest absolute Gasteiger partial charge is 0.306 e. The van der Waals surface area contributed by atoms with Gasteiger partial charge < -0.3 is 9.88 Å². The van der Waals surface area contributed by atoms with Gasteiger partial charge in [0, 0.05) is 26.5 Å². The first-order valence-electron chi connectivity index (χ1n) is 5.91. The highest BCUT2D eigenvalue weighted by Gasteiger charge is 2.15. The van der Waals surface area contributed by atoms with Crippen LogP contribution >= 0.6 is 0 Å². The Morgan fingerprint density at radius 2 is 2.00 bits per heavy atom. The molecule has 0 radical (unpaired) electrons. The van der Waals surface area contributed by atoms with Crippen molar-refractivity contribution in [1.82, 2.24) is 14.1 Å². The number of carbonyl (C=O) groups excluding carboxylic acids is 1. The third-order valence-corrected chi connectivity index (χ3v) is 2.93. The molecule has 2 rings (SSSR count). The fraction of sp³-hybridized carbons (Fsp3) is 0.231. The average molecular weight is 274 g/mol. The van der Waals surface area contributed by atoms with Crippen molar-refractivity contribution in [1.29, 1.82) is 0 Å². The van der Waals surface area contributed by atoms with E-state index in [9.17, 15) is 14.4 Å². The minimum absolute atomic E-state index is 0.111. The van der Waals surface area contributed by atoms with Crippen molar-refractivity contribution in [2.45, 2.75) is 6.92 Å². The molecule has 0 aliphatic carbocycles. The van der Waals surface area contributed by atoms with Crippen molar-refractivity contribution in [3.63, 3.8) is 0 Å². The summed E-state index contributed by atoms with van der Waals surface area (Å²) in [4.78, 5) is 39.6. The quantitative estimate of drug-likeness (QED) is 0.837. The highest BCUT2D eigenvalue weighted by molar-refractivity contribution is 6.03. The van der Waals surface area contributed by atoms with E-state index >= 15 is 0 Å². The number of aryl methyl sites for hydroxylation is 2. The number of hydrogen-bond donors (Lipinski definition) is 1. The van der Waals surface area contributed by atoms with Gasteiger partial charge in [-0.1, -0.05) is 6.07 Å².